The summed E-state index contributed by atoms with van der Waals surface area (Å²) in [6.07, 6.45) is -14.2. The zero-order valence-corrected chi connectivity index (χ0v) is 46.9. The van der Waals surface area contributed by atoms with Gasteiger partial charge < -0.3 is 39.7 Å². The lowest BCUT2D eigenvalue weighted by Crippen LogP contribution is -2.60. The summed E-state index contributed by atoms with van der Waals surface area (Å²) in [4.78, 5) is 86.6. The van der Waals surface area contributed by atoms with Crippen LogP contribution in [0.1, 0.15) is 104 Å². The standard InChI is InChI=1S/C20H19F3N2O4.2C19H17F3N2O5.CH4/c1-5-19(28)9-17(2)13-14(18(19,3)29-17)16(27)25(15(13)26)10-6-7-12(24-4)11(8-10)20(21,22)23;1-16-7-18(28,8-25)17(2,29-16)13-12(16)14(26)24(15(13)27)9-4-5-11(23-3)10(6-9)19(20,21)22;1-16-7-18(28,8-25)17(2,29-16)13-12(16)14(26)24(15(13)27)10-4-3-9(6-23)11(5-10)19(20,21)22;/h6-8,13-14,28H,5,9H2,1-3H3;4-6,12-13,25,28H,7-8H2,1-2H3;3-5,12-13,25,28H,7-8H2,1-2H3;1H4/t13-,14+,17?,18?,19+;2*12-,13+,16?,17?,18-;/m110./s1. The molecular weight excluding hydrogens is 1190 g/mol. The molecule has 0 aromatic heterocycles. The van der Waals surface area contributed by atoms with Crippen molar-refractivity contribution >= 4 is 63.9 Å². The first-order chi connectivity index (χ1) is 40.0. The lowest BCUT2D eigenvalue weighted by molar-refractivity contribution is -0.157. The Bertz CT molecular complexity index is 3340. The minimum Gasteiger partial charge on any atom is -0.393 e. The number of imide groups is 3. The predicted molar refractivity (Wildman–Crippen MR) is 284 cm³/mol. The van der Waals surface area contributed by atoms with Gasteiger partial charge in [-0.05, 0) is 90.4 Å². The Labute approximate surface area is 495 Å². The van der Waals surface area contributed by atoms with Crippen molar-refractivity contribution in [3.63, 3.8) is 0 Å². The number of rotatable bonds is 6. The molecule has 88 heavy (non-hydrogen) atoms. The number of carbonyl (C=O) groups excluding carboxylic acids is 6. The van der Waals surface area contributed by atoms with E-state index >= 15 is 0 Å². The Morgan fingerprint density at radius 1 is 0.511 bits per heavy atom. The number of aliphatic hydroxyl groups is 5. The third-order valence-corrected chi connectivity index (χ3v) is 19.8. The van der Waals surface area contributed by atoms with Crippen LogP contribution in [0.25, 0.3) is 9.69 Å². The van der Waals surface area contributed by atoms with Gasteiger partial charge in [-0.2, -0.15) is 44.8 Å². The first-order valence-corrected chi connectivity index (χ1v) is 26.9. The van der Waals surface area contributed by atoms with Crippen LogP contribution in [0.2, 0.25) is 0 Å². The summed E-state index contributed by atoms with van der Waals surface area (Å²) >= 11 is 0. The van der Waals surface area contributed by atoms with Gasteiger partial charge in [-0.15, -0.1) is 0 Å². The number of nitrogens with zero attached hydrogens (tertiary/aromatic N) is 6. The van der Waals surface area contributed by atoms with Crippen LogP contribution in [0.15, 0.2) is 54.6 Å². The number of aliphatic hydroxyl groups excluding tert-OH is 2. The van der Waals surface area contributed by atoms with E-state index in [1.807, 2.05) is 0 Å². The van der Waals surface area contributed by atoms with Crippen LogP contribution < -0.4 is 14.7 Å². The Morgan fingerprint density at radius 2 is 0.784 bits per heavy atom. The van der Waals surface area contributed by atoms with Crippen molar-refractivity contribution in [2.45, 2.75) is 151 Å². The zero-order valence-electron chi connectivity index (χ0n) is 46.9. The molecule has 5 N–H and O–H groups in total. The molecule has 9 saturated heterocycles. The lowest BCUT2D eigenvalue weighted by Gasteiger charge is -2.42. The molecule has 15 atom stereocenters. The third-order valence-electron chi connectivity index (χ3n) is 19.8. The number of hydrogen-bond donors (Lipinski definition) is 5. The molecule has 9 heterocycles. The Balaban J connectivity index is 0.000000156. The van der Waals surface area contributed by atoms with Crippen molar-refractivity contribution in [1.29, 1.82) is 5.26 Å². The normalized spacial score (nSPS) is 38.0. The SMILES string of the molecule is C.CC12C[C@](O)(CO)C(C)(O1)[C@H]1C(=O)N(c3ccc(C#N)c(C(F)(F)F)c3)C(=O)[C@H]12.[C-]#[N+]c1ccc(N2C(=O)[C@@H]3[C@H](C2=O)C2(C)C[C@@](O)(CC)C3(C)O2)cc1C(F)(F)F.[C-]#[N+]c1ccc(N2C(=O)[C@@H]3[C@H](C2=O)C2(C)C[C@@](O)(CO)C3(C)O2)cc1C(F)(F)F. The molecule has 12 rings (SSSR count). The Kier molecular flexibility index (Phi) is 14.6. The van der Waals surface area contributed by atoms with E-state index < -0.39 is 187 Å². The van der Waals surface area contributed by atoms with Crippen molar-refractivity contribution in [3.05, 3.63) is 99.7 Å². The molecule has 0 saturated carbocycles. The number of nitriles is 1. The molecule has 3 aromatic carbocycles. The van der Waals surface area contributed by atoms with Crippen LogP contribution in [0, 0.1) is 60.0 Å². The number of hydrogen-bond acceptors (Lipinski definition) is 15. The summed E-state index contributed by atoms with van der Waals surface area (Å²) in [5.41, 5.74) is -19.3. The number of amides is 6. The van der Waals surface area contributed by atoms with Gasteiger partial charge in [0.2, 0.25) is 35.4 Å². The number of fused-ring (bicyclic) bond motifs is 15. The van der Waals surface area contributed by atoms with Gasteiger partial charge in [-0.25, -0.2) is 24.4 Å². The Hall–Kier alpha value is -7.40. The summed E-state index contributed by atoms with van der Waals surface area (Å²) in [5, 5.41) is 60.9. The second kappa shape index (κ2) is 19.8. The molecule has 6 bridgehead atoms. The highest BCUT2D eigenvalue weighted by molar-refractivity contribution is 6.25. The van der Waals surface area contributed by atoms with Crippen molar-refractivity contribution in [3.8, 4) is 6.07 Å². The molecule has 0 radical (unpaired) electrons. The molecule has 9 aliphatic heterocycles. The number of ether oxygens (including phenoxy) is 3. The van der Waals surface area contributed by atoms with E-state index in [0.29, 0.717) is 34.4 Å². The van der Waals surface area contributed by atoms with Gasteiger partial charge in [-0.1, -0.05) is 26.5 Å². The molecule has 6 unspecified atom stereocenters. The molecule has 3 aromatic rings. The molecule has 0 aliphatic carbocycles. The molecule has 470 valence electrons. The van der Waals surface area contributed by atoms with Crippen LogP contribution in [-0.4, -0.2) is 125 Å². The predicted octanol–water partition coefficient (Wildman–Crippen LogP) is 7.48. The highest BCUT2D eigenvalue weighted by atomic mass is 19.4. The van der Waals surface area contributed by atoms with Crippen LogP contribution in [0.5, 0.6) is 0 Å². The molecule has 9 aliphatic rings. The molecule has 0 spiro atoms. The first-order valence-electron chi connectivity index (χ1n) is 26.9. The maximum atomic E-state index is 13.3. The third kappa shape index (κ3) is 8.53. The fraction of sp³-hybridized carbons (Fsp3) is 0.542. The van der Waals surface area contributed by atoms with Gasteiger partial charge in [0.25, 0.3) is 0 Å². The minimum absolute atomic E-state index is 0. The van der Waals surface area contributed by atoms with E-state index in [2.05, 4.69) is 9.69 Å². The second-order valence-electron chi connectivity index (χ2n) is 24.7. The van der Waals surface area contributed by atoms with Gasteiger partial charge in [0, 0.05) is 30.6 Å². The van der Waals surface area contributed by atoms with Crippen molar-refractivity contribution in [2.24, 2.45) is 35.5 Å². The van der Waals surface area contributed by atoms with Gasteiger partial charge in [-0.3, -0.25) is 28.8 Å². The number of halogens is 9. The number of anilines is 3. The monoisotopic (exact) mass is 1240 g/mol. The topological polar surface area (TPSA) is 273 Å². The number of carbonyl (C=O) groups is 6. The number of alkyl halides is 9. The van der Waals surface area contributed by atoms with Crippen molar-refractivity contribution in [1.82, 2.24) is 0 Å². The van der Waals surface area contributed by atoms with Gasteiger partial charge in [0.1, 0.15) is 28.0 Å². The van der Waals surface area contributed by atoms with Crippen molar-refractivity contribution in [2.75, 3.05) is 27.9 Å². The fourth-order valence-corrected chi connectivity index (χ4v) is 15.9. The van der Waals surface area contributed by atoms with E-state index in [1.54, 1.807) is 27.7 Å². The van der Waals surface area contributed by atoms with E-state index in [-0.39, 0.29) is 43.8 Å². The van der Waals surface area contributed by atoms with Gasteiger partial charge in [0.15, 0.2) is 11.4 Å². The summed E-state index contributed by atoms with van der Waals surface area (Å²) in [7, 11) is 0. The number of benzene rings is 3. The molecule has 9 fully saturated rings. The minimum atomic E-state index is -4.85. The quantitative estimate of drug-likeness (QED) is 0.0909. The van der Waals surface area contributed by atoms with Gasteiger partial charge in [0.05, 0.1) is 118 Å². The smallest absolute Gasteiger partial charge is 0.393 e. The van der Waals surface area contributed by atoms with Crippen LogP contribution in [0.4, 0.5) is 68.0 Å². The zero-order chi connectivity index (χ0) is 64.7. The van der Waals surface area contributed by atoms with E-state index in [4.69, 9.17) is 32.6 Å². The largest absolute Gasteiger partial charge is 0.417 e. The van der Waals surface area contributed by atoms with Crippen molar-refractivity contribution < 1.29 is 108 Å². The summed E-state index contributed by atoms with van der Waals surface area (Å²) < 4.78 is 138. The van der Waals surface area contributed by atoms with E-state index in [9.17, 15) is 93.8 Å². The van der Waals surface area contributed by atoms with Crippen LogP contribution >= 0.6 is 0 Å². The molecule has 29 heteroatoms. The van der Waals surface area contributed by atoms with E-state index in [0.717, 1.165) is 35.2 Å². The molecular formula is C59H57F9N6O14. The average molecular weight is 1250 g/mol. The summed E-state index contributed by atoms with van der Waals surface area (Å²) in [5.74, 6) is -10.6. The van der Waals surface area contributed by atoms with Crippen LogP contribution in [-0.2, 0) is 61.5 Å². The molecule has 20 nitrogen and oxygen atoms in total. The highest BCUT2D eigenvalue weighted by Crippen LogP contribution is 2.68. The second-order valence-corrected chi connectivity index (χ2v) is 24.7. The van der Waals surface area contributed by atoms with Crippen LogP contribution in [0.3, 0.4) is 0 Å². The van der Waals surface area contributed by atoms with Gasteiger partial charge >= 0.3 is 18.5 Å². The summed E-state index contributed by atoms with van der Waals surface area (Å²) in [6.45, 7) is 23.4. The molecule has 6 amide bonds. The first kappa shape index (κ1) is 65.1. The fourth-order valence-electron chi connectivity index (χ4n) is 15.9. The highest BCUT2D eigenvalue weighted by Gasteiger charge is 2.83. The maximum Gasteiger partial charge on any atom is 0.417 e. The average Bonchev–Trinajstić information content (AvgIpc) is 1.52. The Morgan fingerprint density at radius 3 is 1.06 bits per heavy atom. The summed E-state index contributed by atoms with van der Waals surface area (Å²) in [6, 6.07) is 9.48. The van der Waals surface area contributed by atoms with E-state index in [1.165, 1.54) is 32.9 Å². The maximum absolute atomic E-state index is 13.3. The lowest BCUT2D eigenvalue weighted by atomic mass is 9.61.